The quantitative estimate of drug-likeness (QED) is 0.533. The maximum atomic E-state index is 10.7. The molecule has 4 rings (SSSR count). The fourth-order valence-electron chi connectivity index (χ4n) is 3.97. The highest BCUT2D eigenvalue weighted by atomic mass is 35.5. The second kappa shape index (κ2) is 5.73. The predicted octanol–water partition coefficient (Wildman–Crippen LogP) is 6.20. The first kappa shape index (κ1) is 16.9. The normalized spacial score (nSPS) is 21.8. The molecular formula is C21H22ClNOS. The van der Waals surface area contributed by atoms with Crippen molar-refractivity contribution in [3.8, 4) is 11.1 Å². The number of hydrogen-bond donors (Lipinski definition) is 2. The van der Waals surface area contributed by atoms with E-state index in [4.69, 9.17) is 11.6 Å². The third-order valence-corrected chi connectivity index (χ3v) is 6.75. The summed E-state index contributed by atoms with van der Waals surface area (Å²) in [6.45, 7) is 8.24. The Morgan fingerprint density at radius 1 is 1.20 bits per heavy atom. The van der Waals surface area contributed by atoms with Crippen molar-refractivity contribution in [3.05, 3.63) is 51.9 Å². The lowest BCUT2D eigenvalue weighted by Gasteiger charge is -2.43. The van der Waals surface area contributed by atoms with Crippen molar-refractivity contribution in [1.29, 1.82) is 0 Å². The molecular weight excluding hydrogens is 350 g/mol. The first-order valence-corrected chi connectivity index (χ1v) is 9.83. The number of anilines is 1. The van der Waals surface area contributed by atoms with E-state index in [9.17, 15) is 5.11 Å². The Morgan fingerprint density at radius 3 is 2.68 bits per heavy atom. The molecule has 0 radical (unpaired) electrons. The van der Waals surface area contributed by atoms with Crippen molar-refractivity contribution in [2.75, 3.05) is 5.32 Å². The van der Waals surface area contributed by atoms with Gasteiger partial charge in [-0.05, 0) is 43.8 Å². The number of hydrogen-bond acceptors (Lipinski definition) is 3. The van der Waals surface area contributed by atoms with Gasteiger partial charge in [0.05, 0.1) is 16.7 Å². The van der Waals surface area contributed by atoms with Gasteiger partial charge in [0.2, 0.25) is 0 Å². The largest absolute Gasteiger partial charge is 0.390 e. The summed E-state index contributed by atoms with van der Waals surface area (Å²) in [5.74, 6) is -0.0256. The highest BCUT2D eigenvalue weighted by Crippen LogP contribution is 2.49. The molecule has 1 aliphatic heterocycles. The van der Waals surface area contributed by atoms with Gasteiger partial charge in [0.15, 0.2) is 0 Å². The molecule has 3 aromatic rings. The van der Waals surface area contributed by atoms with Crippen LogP contribution in [0, 0.1) is 6.92 Å². The Labute approximate surface area is 157 Å². The summed E-state index contributed by atoms with van der Waals surface area (Å²) in [7, 11) is 0. The molecule has 0 spiro atoms. The second-order valence-electron chi connectivity index (χ2n) is 7.57. The van der Waals surface area contributed by atoms with Crippen LogP contribution in [0.1, 0.15) is 37.8 Å². The SMILES string of the molecule is Cc1cc(-c2csc3ccccc23)c(Cl)c2c1NC(C)(C)[C@H](O)[C@@H]2C. The van der Waals surface area contributed by atoms with Crippen LogP contribution in [0.2, 0.25) is 5.02 Å². The molecule has 0 saturated carbocycles. The molecule has 2 aromatic carbocycles. The maximum absolute atomic E-state index is 10.7. The Hall–Kier alpha value is -1.55. The van der Waals surface area contributed by atoms with Gasteiger partial charge in [0, 0.05) is 38.4 Å². The topological polar surface area (TPSA) is 32.3 Å². The zero-order valence-electron chi connectivity index (χ0n) is 14.9. The van der Waals surface area contributed by atoms with Gasteiger partial charge in [-0.25, -0.2) is 0 Å². The summed E-state index contributed by atoms with van der Waals surface area (Å²) in [6.07, 6.45) is -0.494. The van der Waals surface area contributed by atoms with E-state index in [2.05, 4.69) is 54.9 Å². The lowest BCUT2D eigenvalue weighted by Crippen LogP contribution is -2.50. The summed E-state index contributed by atoms with van der Waals surface area (Å²) in [4.78, 5) is 0. The van der Waals surface area contributed by atoms with Gasteiger partial charge in [0.25, 0.3) is 0 Å². The lowest BCUT2D eigenvalue weighted by molar-refractivity contribution is 0.0869. The smallest absolute Gasteiger partial charge is 0.0831 e. The molecule has 2 atom stereocenters. The van der Waals surface area contributed by atoms with Gasteiger partial charge in [0.1, 0.15) is 0 Å². The third-order valence-electron chi connectivity index (χ3n) is 5.38. The van der Waals surface area contributed by atoms with Gasteiger partial charge in [-0.15, -0.1) is 11.3 Å². The van der Waals surface area contributed by atoms with E-state index in [1.807, 2.05) is 13.8 Å². The van der Waals surface area contributed by atoms with Gasteiger partial charge in [-0.3, -0.25) is 0 Å². The average Bonchev–Trinajstić information content (AvgIpc) is 2.99. The van der Waals surface area contributed by atoms with E-state index in [0.29, 0.717) is 0 Å². The molecule has 0 saturated heterocycles. The number of aryl methyl sites for hydroxylation is 1. The summed E-state index contributed by atoms with van der Waals surface area (Å²) >= 11 is 8.64. The number of fused-ring (bicyclic) bond motifs is 2. The van der Waals surface area contributed by atoms with E-state index in [1.165, 1.54) is 15.6 Å². The minimum atomic E-state index is -0.494. The summed E-state index contributed by atoms with van der Waals surface area (Å²) in [6, 6.07) is 10.6. The van der Waals surface area contributed by atoms with Crippen LogP contribution in [0.5, 0.6) is 0 Å². The van der Waals surface area contributed by atoms with Crippen LogP contribution in [0.25, 0.3) is 21.2 Å². The molecule has 1 aromatic heterocycles. The number of aliphatic hydroxyl groups is 1. The average molecular weight is 372 g/mol. The first-order valence-electron chi connectivity index (χ1n) is 8.57. The molecule has 2 N–H and O–H groups in total. The molecule has 1 aliphatic rings. The molecule has 0 amide bonds. The van der Waals surface area contributed by atoms with Crippen molar-refractivity contribution < 1.29 is 5.11 Å². The van der Waals surface area contributed by atoms with Crippen LogP contribution in [0.4, 0.5) is 5.69 Å². The Kier molecular flexibility index (Phi) is 3.87. The Bertz CT molecular complexity index is 975. The predicted molar refractivity (Wildman–Crippen MR) is 109 cm³/mol. The van der Waals surface area contributed by atoms with E-state index in [-0.39, 0.29) is 11.5 Å². The fourth-order valence-corrected chi connectivity index (χ4v) is 5.36. The van der Waals surface area contributed by atoms with Crippen LogP contribution in [-0.4, -0.2) is 16.7 Å². The molecule has 0 fully saturated rings. The van der Waals surface area contributed by atoms with Crippen LogP contribution >= 0.6 is 22.9 Å². The van der Waals surface area contributed by atoms with Gasteiger partial charge < -0.3 is 10.4 Å². The van der Waals surface area contributed by atoms with Gasteiger partial charge in [-0.2, -0.15) is 0 Å². The number of halogens is 1. The lowest BCUT2D eigenvalue weighted by atomic mass is 9.77. The van der Waals surface area contributed by atoms with E-state index < -0.39 is 6.10 Å². The van der Waals surface area contributed by atoms with Crippen LogP contribution in [0.15, 0.2) is 35.7 Å². The maximum Gasteiger partial charge on any atom is 0.0831 e. The highest BCUT2D eigenvalue weighted by molar-refractivity contribution is 7.17. The number of benzene rings is 2. The summed E-state index contributed by atoms with van der Waals surface area (Å²) < 4.78 is 1.26. The highest BCUT2D eigenvalue weighted by Gasteiger charge is 2.40. The third kappa shape index (κ3) is 2.49. The molecule has 0 unspecified atom stereocenters. The molecule has 0 bridgehead atoms. The second-order valence-corrected chi connectivity index (χ2v) is 8.86. The molecule has 25 heavy (non-hydrogen) atoms. The van der Waals surface area contributed by atoms with Crippen LogP contribution < -0.4 is 5.32 Å². The first-order chi connectivity index (χ1) is 11.8. The minimum Gasteiger partial charge on any atom is -0.390 e. The van der Waals surface area contributed by atoms with E-state index >= 15 is 0 Å². The van der Waals surface area contributed by atoms with E-state index in [1.54, 1.807) is 11.3 Å². The summed E-state index contributed by atoms with van der Waals surface area (Å²) in [5.41, 5.74) is 5.10. The summed E-state index contributed by atoms with van der Waals surface area (Å²) in [5, 5.41) is 18.4. The zero-order valence-corrected chi connectivity index (χ0v) is 16.4. The van der Waals surface area contributed by atoms with Crippen molar-refractivity contribution in [3.63, 3.8) is 0 Å². The van der Waals surface area contributed by atoms with Crippen molar-refractivity contribution in [2.45, 2.75) is 45.3 Å². The number of nitrogens with one attached hydrogen (secondary N) is 1. The van der Waals surface area contributed by atoms with Crippen molar-refractivity contribution in [2.24, 2.45) is 0 Å². The number of aliphatic hydroxyl groups excluding tert-OH is 1. The van der Waals surface area contributed by atoms with Crippen molar-refractivity contribution >= 4 is 38.7 Å². The van der Waals surface area contributed by atoms with Crippen molar-refractivity contribution in [1.82, 2.24) is 0 Å². The Balaban J connectivity index is 1.98. The minimum absolute atomic E-state index is 0.0256. The van der Waals surface area contributed by atoms with Crippen LogP contribution in [-0.2, 0) is 0 Å². The standard InChI is InChI=1S/C21H22ClNOS/c1-11-9-14(15-10-25-16-8-6-5-7-13(15)16)18(22)17-12(2)20(24)21(3,4)23-19(11)17/h5-10,12,20,23-24H,1-4H3/t12-,20-/m1/s1. The number of thiophene rings is 1. The molecule has 0 aliphatic carbocycles. The number of rotatable bonds is 1. The Morgan fingerprint density at radius 2 is 1.92 bits per heavy atom. The zero-order chi connectivity index (χ0) is 17.9. The van der Waals surface area contributed by atoms with Crippen LogP contribution in [0.3, 0.4) is 0 Å². The monoisotopic (exact) mass is 371 g/mol. The van der Waals surface area contributed by atoms with E-state index in [0.717, 1.165) is 27.4 Å². The fraction of sp³-hybridized carbons (Fsp3) is 0.333. The molecule has 130 valence electrons. The van der Waals surface area contributed by atoms with Gasteiger partial charge in [-0.1, -0.05) is 36.7 Å². The van der Waals surface area contributed by atoms with Gasteiger partial charge >= 0.3 is 0 Å². The molecule has 2 nitrogen and oxygen atoms in total. The molecule has 2 heterocycles. The molecule has 4 heteroatoms.